The van der Waals surface area contributed by atoms with Crippen LogP contribution >= 0.6 is 0 Å². The van der Waals surface area contributed by atoms with Gasteiger partial charge in [0.25, 0.3) is 0 Å². The predicted octanol–water partition coefficient (Wildman–Crippen LogP) is 3.10. The summed E-state index contributed by atoms with van der Waals surface area (Å²) in [6.45, 7) is 0.910. The Morgan fingerprint density at radius 2 is 2.10 bits per heavy atom. The summed E-state index contributed by atoms with van der Waals surface area (Å²) in [4.78, 5) is 5.86. The molecule has 0 aliphatic carbocycles. The lowest BCUT2D eigenvalue weighted by atomic mass is 10.2. The van der Waals surface area contributed by atoms with Gasteiger partial charge in [-0.1, -0.05) is 18.2 Å². The third kappa shape index (κ3) is 4.26. The van der Waals surface area contributed by atoms with Crippen LogP contribution in [0, 0.1) is 6.92 Å². The van der Waals surface area contributed by atoms with Crippen molar-refractivity contribution in [3.63, 3.8) is 0 Å². The molecule has 1 heterocycles. The molecule has 0 aliphatic rings. The smallest absolute Gasteiger partial charge is 0.319 e. The summed E-state index contributed by atoms with van der Waals surface area (Å²) in [5.74, 6) is 1.20. The van der Waals surface area contributed by atoms with Gasteiger partial charge in [0.05, 0.1) is 6.54 Å². The van der Waals surface area contributed by atoms with Crippen molar-refractivity contribution in [1.29, 1.82) is 0 Å². The molecule has 0 unspecified atom stereocenters. The van der Waals surface area contributed by atoms with Gasteiger partial charge in [0.15, 0.2) is 0 Å². The first kappa shape index (κ1) is 15.4. The maximum Gasteiger partial charge on any atom is 0.319 e. The van der Waals surface area contributed by atoms with Gasteiger partial charge in [0.1, 0.15) is 18.2 Å². The zero-order valence-electron chi connectivity index (χ0n) is 12.2. The number of benzene rings is 1. The summed E-state index contributed by atoms with van der Waals surface area (Å²) in [5.41, 5.74) is 1.08. The van der Waals surface area contributed by atoms with Gasteiger partial charge in [-0.25, -0.2) is 4.98 Å². The molecule has 4 nitrogen and oxygen atoms in total. The van der Waals surface area contributed by atoms with Gasteiger partial charge in [-0.2, -0.15) is 8.78 Å². The molecular weight excluding hydrogens is 276 g/mol. The zero-order valence-corrected chi connectivity index (χ0v) is 12.2. The summed E-state index contributed by atoms with van der Waals surface area (Å²) in [6, 6.07) is 7.78. The SMILES string of the molecule is Cc1ccccc1OCCN(C)Cc1nccn1C(F)F. The van der Waals surface area contributed by atoms with Crippen molar-refractivity contribution in [3.8, 4) is 5.75 Å². The molecule has 0 amide bonds. The molecule has 0 bridgehead atoms. The number of ether oxygens (including phenoxy) is 1. The number of aryl methyl sites for hydroxylation is 1. The number of nitrogens with zero attached hydrogens (tertiary/aromatic N) is 3. The molecule has 0 radical (unpaired) electrons. The molecule has 0 spiro atoms. The number of alkyl halides is 2. The maximum absolute atomic E-state index is 12.7. The highest BCUT2D eigenvalue weighted by Gasteiger charge is 2.12. The molecule has 0 saturated heterocycles. The van der Waals surface area contributed by atoms with E-state index in [9.17, 15) is 8.78 Å². The summed E-state index contributed by atoms with van der Waals surface area (Å²) in [5, 5.41) is 0. The van der Waals surface area contributed by atoms with Crippen molar-refractivity contribution in [2.75, 3.05) is 20.2 Å². The normalized spacial score (nSPS) is 11.3. The largest absolute Gasteiger partial charge is 0.492 e. The average molecular weight is 295 g/mol. The van der Waals surface area contributed by atoms with Gasteiger partial charge in [-0.3, -0.25) is 9.47 Å². The Hall–Kier alpha value is -1.95. The fourth-order valence-corrected chi connectivity index (χ4v) is 1.99. The minimum Gasteiger partial charge on any atom is -0.492 e. The molecular formula is C15H19F2N3O. The van der Waals surface area contributed by atoms with E-state index in [1.54, 1.807) is 0 Å². The first-order valence-electron chi connectivity index (χ1n) is 6.74. The Morgan fingerprint density at radius 1 is 1.33 bits per heavy atom. The van der Waals surface area contributed by atoms with Crippen LogP contribution in [-0.4, -0.2) is 34.7 Å². The number of hydrogen-bond donors (Lipinski definition) is 0. The lowest BCUT2D eigenvalue weighted by Gasteiger charge is -2.17. The fourth-order valence-electron chi connectivity index (χ4n) is 1.99. The molecule has 2 rings (SSSR count). The van der Waals surface area contributed by atoms with E-state index in [1.165, 1.54) is 12.4 Å². The Labute approximate surface area is 123 Å². The highest BCUT2D eigenvalue weighted by Crippen LogP contribution is 2.16. The quantitative estimate of drug-likeness (QED) is 0.786. The van der Waals surface area contributed by atoms with Crippen LogP contribution in [0.25, 0.3) is 0 Å². The Morgan fingerprint density at radius 3 is 2.81 bits per heavy atom. The van der Waals surface area contributed by atoms with Crippen molar-refractivity contribution in [3.05, 3.63) is 48.0 Å². The second-order valence-electron chi connectivity index (χ2n) is 4.88. The average Bonchev–Trinajstić information content (AvgIpc) is 2.89. The van der Waals surface area contributed by atoms with Gasteiger partial charge in [-0.05, 0) is 25.6 Å². The number of imidazole rings is 1. The highest BCUT2D eigenvalue weighted by molar-refractivity contribution is 5.31. The van der Waals surface area contributed by atoms with Crippen LogP contribution < -0.4 is 4.74 Å². The topological polar surface area (TPSA) is 30.3 Å². The minimum absolute atomic E-state index is 0.350. The zero-order chi connectivity index (χ0) is 15.2. The van der Waals surface area contributed by atoms with E-state index in [-0.39, 0.29) is 0 Å². The molecule has 1 aromatic carbocycles. The molecule has 21 heavy (non-hydrogen) atoms. The number of hydrogen-bond acceptors (Lipinski definition) is 3. The third-order valence-electron chi connectivity index (χ3n) is 3.19. The van der Waals surface area contributed by atoms with E-state index in [0.717, 1.165) is 15.9 Å². The third-order valence-corrected chi connectivity index (χ3v) is 3.19. The van der Waals surface area contributed by atoms with Crippen LogP contribution in [0.2, 0.25) is 0 Å². The maximum atomic E-state index is 12.7. The van der Waals surface area contributed by atoms with Gasteiger partial charge < -0.3 is 4.74 Å². The van der Waals surface area contributed by atoms with Crippen molar-refractivity contribution in [2.45, 2.75) is 20.0 Å². The van der Waals surface area contributed by atoms with E-state index in [4.69, 9.17) is 4.74 Å². The van der Waals surface area contributed by atoms with Crippen LogP contribution in [0.1, 0.15) is 17.9 Å². The van der Waals surface area contributed by atoms with Crippen LogP contribution in [-0.2, 0) is 6.54 Å². The van der Waals surface area contributed by atoms with Crippen LogP contribution in [0.15, 0.2) is 36.7 Å². The summed E-state index contributed by atoms with van der Waals surface area (Å²) >= 11 is 0. The van der Waals surface area contributed by atoms with Crippen molar-refractivity contribution >= 4 is 0 Å². The van der Waals surface area contributed by atoms with Crippen LogP contribution in [0.4, 0.5) is 8.78 Å². The number of rotatable bonds is 7. The summed E-state index contributed by atoms with van der Waals surface area (Å²) in [6.07, 6.45) is 2.68. The van der Waals surface area contributed by atoms with Crippen LogP contribution in [0.5, 0.6) is 5.75 Å². The monoisotopic (exact) mass is 295 g/mol. The van der Waals surface area contributed by atoms with E-state index in [1.807, 2.05) is 43.1 Å². The molecule has 0 saturated carbocycles. The Balaban J connectivity index is 1.81. The number of para-hydroxylation sites is 1. The van der Waals surface area contributed by atoms with Gasteiger partial charge in [-0.15, -0.1) is 0 Å². The standard InChI is InChI=1S/C15H19F2N3O/c1-12-5-3-4-6-13(12)21-10-9-19(2)11-14-18-7-8-20(14)15(16)17/h3-8,15H,9-11H2,1-2H3. The molecule has 114 valence electrons. The summed E-state index contributed by atoms with van der Waals surface area (Å²) in [7, 11) is 1.85. The van der Waals surface area contributed by atoms with Gasteiger partial charge in [0.2, 0.25) is 0 Å². The first-order valence-corrected chi connectivity index (χ1v) is 6.74. The summed E-state index contributed by atoms with van der Waals surface area (Å²) < 4.78 is 32.0. The number of halogens is 2. The predicted molar refractivity (Wildman–Crippen MR) is 76.5 cm³/mol. The second kappa shape index (κ2) is 7.17. The first-order chi connectivity index (χ1) is 10.1. The minimum atomic E-state index is -2.56. The number of likely N-dealkylation sites (N-methyl/N-ethyl adjacent to an activating group) is 1. The molecule has 2 aromatic rings. The molecule has 6 heteroatoms. The lowest BCUT2D eigenvalue weighted by molar-refractivity contribution is 0.0643. The Bertz CT molecular complexity index is 572. The molecule has 0 atom stereocenters. The lowest BCUT2D eigenvalue weighted by Crippen LogP contribution is -2.25. The molecule has 0 aliphatic heterocycles. The number of aromatic nitrogens is 2. The molecule has 0 N–H and O–H groups in total. The van der Waals surface area contributed by atoms with E-state index in [0.29, 0.717) is 25.5 Å². The van der Waals surface area contributed by atoms with Gasteiger partial charge >= 0.3 is 6.55 Å². The molecule has 1 aromatic heterocycles. The van der Waals surface area contributed by atoms with E-state index < -0.39 is 6.55 Å². The van der Waals surface area contributed by atoms with Gasteiger partial charge in [0, 0.05) is 18.9 Å². The van der Waals surface area contributed by atoms with Crippen molar-refractivity contribution in [2.24, 2.45) is 0 Å². The van der Waals surface area contributed by atoms with Crippen molar-refractivity contribution < 1.29 is 13.5 Å². The Kier molecular flexibility index (Phi) is 5.27. The van der Waals surface area contributed by atoms with Crippen LogP contribution in [0.3, 0.4) is 0 Å². The van der Waals surface area contributed by atoms with Crippen molar-refractivity contribution in [1.82, 2.24) is 14.5 Å². The highest BCUT2D eigenvalue weighted by atomic mass is 19.3. The van der Waals surface area contributed by atoms with E-state index in [2.05, 4.69) is 4.98 Å². The fraction of sp³-hybridized carbons (Fsp3) is 0.400. The second-order valence-corrected chi connectivity index (χ2v) is 4.88. The molecule has 0 fully saturated rings. The van der Waals surface area contributed by atoms with E-state index >= 15 is 0 Å².